The van der Waals surface area contributed by atoms with E-state index in [1.165, 1.54) is 4.90 Å². The second kappa shape index (κ2) is 8.45. The van der Waals surface area contributed by atoms with Crippen molar-refractivity contribution in [3.05, 3.63) is 64.7 Å². The summed E-state index contributed by atoms with van der Waals surface area (Å²) in [6, 6.07) is 13.0. The van der Waals surface area contributed by atoms with Crippen molar-refractivity contribution >= 4 is 11.9 Å². The smallest absolute Gasteiger partial charge is 0.328 e. The summed E-state index contributed by atoms with van der Waals surface area (Å²) in [6.07, 6.45) is -0.356. The largest absolute Gasteiger partial charge is 0.497 e. The first kappa shape index (κ1) is 20.4. The van der Waals surface area contributed by atoms with Crippen LogP contribution < -0.4 is 15.4 Å². The van der Waals surface area contributed by atoms with Crippen LogP contribution in [-0.2, 0) is 17.9 Å². The molecular weight excluding hydrogens is 380 g/mol. The Hall–Kier alpha value is -2.90. The lowest BCUT2D eigenvalue weighted by atomic mass is 10.0. The van der Waals surface area contributed by atoms with E-state index in [1.54, 1.807) is 12.0 Å². The number of nitrogens with one attached hydrogen (secondary N) is 2. The number of urea groups is 1. The van der Waals surface area contributed by atoms with E-state index in [2.05, 4.69) is 28.8 Å². The number of amides is 3. The molecule has 2 atom stereocenters. The minimum atomic E-state index is -0.459. The number of benzene rings is 2. The van der Waals surface area contributed by atoms with Gasteiger partial charge < -0.3 is 15.0 Å². The topological polar surface area (TPSA) is 73.9 Å². The second-order valence-corrected chi connectivity index (χ2v) is 7.94. The van der Waals surface area contributed by atoms with Crippen molar-refractivity contribution < 1.29 is 14.3 Å². The number of fused-ring (bicyclic) bond motifs is 1. The molecule has 3 amide bonds. The molecule has 2 saturated heterocycles. The zero-order valence-corrected chi connectivity index (χ0v) is 17.6. The molecule has 7 nitrogen and oxygen atoms in total. The van der Waals surface area contributed by atoms with Gasteiger partial charge in [-0.15, -0.1) is 0 Å². The molecule has 2 heterocycles. The lowest BCUT2D eigenvalue weighted by Gasteiger charge is -2.47. The Bertz CT molecular complexity index is 944. The molecule has 0 bridgehead atoms. The normalized spacial score (nSPS) is 21.6. The van der Waals surface area contributed by atoms with Crippen LogP contribution in [0, 0.1) is 13.8 Å². The molecule has 30 heavy (non-hydrogen) atoms. The predicted molar refractivity (Wildman–Crippen MR) is 114 cm³/mol. The van der Waals surface area contributed by atoms with Crippen LogP contribution in [0.4, 0.5) is 4.79 Å². The van der Waals surface area contributed by atoms with Crippen LogP contribution in [0.1, 0.15) is 22.3 Å². The summed E-state index contributed by atoms with van der Waals surface area (Å²) in [5.41, 5.74) is 4.25. The SMILES string of the molecule is COc1ccc(CN2C(=O)C3NCCNC3N(Cc3cc(C)ccc3C)C2=O)cc1. The van der Waals surface area contributed by atoms with E-state index >= 15 is 0 Å². The number of carbonyl (C=O) groups excluding carboxylic acids is 2. The first-order valence-electron chi connectivity index (χ1n) is 10.3. The molecule has 2 aliphatic rings. The van der Waals surface area contributed by atoms with Crippen molar-refractivity contribution in [2.24, 2.45) is 0 Å². The van der Waals surface area contributed by atoms with Crippen LogP contribution in [0.3, 0.4) is 0 Å². The standard InChI is InChI=1S/C23H28N4O3/c1-15-4-5-16(2)18(12-15)14-26-21-20(24-10-11-25-21)22(28)27(23(26)29)13-17-6-8-19(30-3)9-7-17/h4-9,12,20-21,24-25H,10-11,13-14H2,1-3H3. The molecule has 2 N–H and O–H groups in total. The summed E-state index contributed by atoms with van der Waals surface area (Å²) in [5, 5.41) is 6.66. The van der Waals surface area contributed by atoms with Gasteiger partial charge in [-0.05, 0) is 42.7 Å². The van der Waals surface area contributed by atoms with Crippen molar-refractivity contribution in [2.45, 2.75) is 39.1 Å². The molecule has 0 aromatic heterocycles. The van der Waals surface area contributed by atoms with Crippen molar-refractivity contribution in [2.75, 3.05) is 20.2 Å². The minimum Gasteiger partial charge on any atom is -0.497 e. The number of rotatable bonds is 5. The van der Waals surface area contributed by atoms with Gasteiger partial charge in [-0.2, -0.15) is 0 Å². The highest BCUT2D eigenvalue weighted by molar-refractivity contribution is 6.00. The van der Waals surface area contributed by atoms with Gasteiger partial charge in [-0.1, -0.05) is 35.9 Å². The van der Waals surface area contributed by atoms with Gasteiger partial charge >= 0.3 is 6.03 Å². The van der Waals surface area contributed by atoms with Gasteiger partial charge in [-0.25, -0.2) is 4.79 Å². The molecule has 2 aromatic carbocycles. The van der Waals surface area contributed by atoms with Gasteiger partial charge in [0.15, 0.2) is 0 Å². The third kappa shape index (κ3) is 3.91. The molecule has 158 valence electrons. The number of ether oxygens (including phenoxy) is 1. The van der Waals surface area contributed by atoms with Crippen LogP contribution in [-0.4, -0.2) is 54.1 Å². The first-order valence-corrected chi connectivity index (χ1v) is 10.3. The number of hydrogen-bond acceptors (Lipinski definition) is 5. The molecule has 2 aromatic rings. The molecule has 7 heteroatoms. The van der Waals surface area contributed by atoms with E-state index in [0.29, 0.717) is 19.6 Å². The molecule has 4 rings (SSSR count). The number of hydrogen-bond donors (Lipinski definition) is 2. The van der Waals surface area contributed by atoms with Gasteiger partial charge in [-0.3, -0.25) is 15.0 Å². The fourth-order valence-electron chi connectivity index (χ4n) is 4.11. The fraction of sp³-hybridized carbons (Fsp3) is 0.391. The Morgan fingerprint density at radius 2 is 1.73 bits per heavy atom. The summed E-state index contributed by atoms with van der Waals surface area (Å²) >= 11 is 0. The van der Waals surface area contributed by atoms with Gasteiger partial charge in [0.05, 0.1) is 13.7 Å². The molecule has 0 radical (unpaired) electrons. The van der Waals surface area contributed by atoms with Crippen LogP contribution in [0.25, 0.3) is 0 Å². The summed E-state index contributed by atoms with van der Waals surface area (Å²) in [6.45, 7) is 6.18. The lowest BCUT2D eigenvalue weighted by molar-refractivity contribution is -0.138. The average Bonchev–Trinajstić information content (AvgIpc) is 2.77. The molecular formula is C23H28N4O3. The summed E-state index contributed by atoms with van der Waals surface area (Å²) < 4.78 is 5.20. The molecule has 2 fully saturated rings. The number of imide groups is 1. The predicted octanol–water partition coefficient (Wildman–Crippen LogP) is 2.16. The first-order chi connectivity index (χ1) is 14.5. The molecule has 2 unspecified atom stereocenters. The summed E-state index contributed by atoms with van der Waals surface area (Å²) in [4.78, 5) is 29.8. The highest BCUT2D eigenvalue weighted by atomic mass is 16.5. The van der Waals surface area contributed by atoms with Gasteiger partial charge in [0.25, 0.3) is 5.91 Å². The van der Waals surface area contributed by atoms with E-state index in [-0.39, 0.29) is 24.6 Å². The fourth-order valence-corrected chi connectivity index (χ4v) is 4.11. The Labute approximate surface area is 177 Å². The second-order valence-electron chi connectivity index (χ2n) is 7.94. The minimum absolute atomic E-state index is 0.190. The Balaban J connectivity index is 1.63. The number of nitrogens with zero attached hydrogens (tertiary/aromatic N) is 2. The highest BCUT2D eigenvalue weighted by Gasteiger charge is 2.47. The molecule has 0 saturated carbocycles. The zero-order chi connectivity index (χ0) is 21.3. The average molecular weight is 409 g/mol. The van der Waals surface area contributed by atoms with Crippen molar-refractivity contribution in [1.29, 1.82) is 0 Å². The van der Waals surface area contributed by atoms with Gasteiger partial charge in [0.2, 0.25) is 0 Å². The monoisotopic (exact) mass is 408 g/mol. The molecule has 0 aliphatic carbocycles. The highest BCUT2D eigenvalue weighted by Crippen LogP contribution is 2.25. The van der Waals surface area contributed by atoms with Crippen LogP contribution in [0.2, 0.25) is 0 Å². The van der Waals surface area contributed by atoms with Gasteiger partial charge in [0.1, 0.15) is 18.0 Å². The zero-order valence-electron chi connectivity index (χ0n) is 17.6. The summed E-state index contributed by atoms with van der Waals surface area (Å²) in [5.74, 6) is 0.551. The van der Waals surface area contributed by atoms with Gasteiger partial charge in [0, 0.05) is 19.6 Å². The van der Waals surface area contributed by atoms with Crippen molar-refractivity contribution in [3.63, 3.8) is 0 Å². The van der Waals surface area contributed by atoms with Crippen molar-refractivity contribution in [1.82, 2.24) is 20.4 Å². The number of carbonyl (C=O) groups is 2. The number of piperazine rings is 1. The maximum absolute atomic E-state index is 13.5. The van der Waals surface area contributed by atoms with E-state index < -0.39 is 6.04 Å². The number of aryl methyl sites for hydroxylation is 2. The molecule has 2 aliphatic heterocycles. The Kier molecular flexibility index (Phi) is 5.74. The summed E-state index contributed by atoms with van der Waals surface area (Å²) in [7, 11) is 1.61. The lowest BCUT2D eigenvalue weighted by Crippen LogP contribution is -2.74. The van der Waals surface area contributed by atoms with Crippen LogP contribution >= 0.6 is 0 Å². The Morgan fingerprint density at radius 1 is 1.00 bits per heavy atom. The van der Waals surface area contributed by atoms with E-state index in [9.17, 15) is 9.59 Å². The van der Waals surface area contributed by atoms with Crippen LogP contribution in [0.15, 0.2) is 42.5 Å². The maximum atomic E-state index is 13.5. The maximum Gasteiger partial charge on any atom is 0.328 e. The Morgan fingerprint density at radius 3 is 2.47 bits per heavy atom. The number of methoxy groups -OCH3 is 1. The van der Waals surface area contributed by atoms with E-state index in [4.69, 9.17) is 4.74 Å². The third-order valence-corrected chi connectivity index (χ3v) is 5.85. The van der Waals surface area contributed by atoms with E-state index in [1.807, 2.05) is 38.1 Å². The van der Waals surface area contributed by atoms with Crippen LogP contribution in [0.5, 0.6) is 5.75 Å². The quantitative estimate of drug-likeness (QED) is 0.793. The molecule has 0 spiro atoms. The third-order valence-electron chi connectivity index (χ3n) is 5.85. The van der Waals surface area contributed by atoms with E-state index in [0.717, 1.165) is 28.0 Å². The van der Waals surface area contributed by atoms with Crippen molar-refractivity contribution in [3.8, 4) is 5.75 Å².